The van der Waals surface area contributed by atoms with Crippen molar-refractivity contribution in [2.75, 3.05) is 43.0 Å². The van der Waals surface area contributed by atoms with Crippen LogP contribution in [0.2, 0.25) is 0 Å². The molecule has 1 atom stereocenters. The molecule has 10 heteroatoms. The van der Waals surface area contributed by atoms with E-state index >= 15 is 0 Å². The maximum atomic E-state index is 14.0. The van der Waals surface area contributed by atoms with E-state index in [1.165, 1.54) is 6.07 Å². The van der Waals surface area contributed by atoms with Crippen LogP contribution >= 0.6 is 24.0 Å². The number of aliphatic imine (C=N–C) groups is 1. The number of amides is 1. The van der Waals surface area contributed by atoms with E-state index in [9.17, 15) is 9.18 Å². The van der Waals surface area contributed by atoms with Crippen molar-refractivity contribution in [1.82, 2.24) is 15.6 Å². The lowest BCUT2D eigenvalue weighted by atomic mass is 10.0. The van der Waals surface area contributed by atoms with Crippen molar-refractivity contribution >= 4 is 47.3 Å². The summed E-state index contributed by atoms with van der Waals surface area (Å²) in [6, 6.07) is 8.92. The van der Waals surface area contributed by atoms with Gasteiger partial charge in [-0.2, -0.15) is 0 Å². The Labute approximate surface area is 210 Å². The van der Waals surface area contributed by atoms with E-state index in [-0.39, 0.29) is 41.7 Å². The highest BCUT2D eigenvalue weighted by molar-refractivity contribution is 14.0. The van der Waals surface area contributed by atoms with Crippen molar-refractivity contribution < 1.29 is 13.9 Å². The van der Waals surface area contributed by atoms with E-state index in [4.69, 9.17) is 4.74 Å². The first-order chi connectivity index (χ1) is 15.6. The van der Waals surface area contributed by atoms with E-state index in [0.717, 1.165) is 48.9 Å². The Kier molecular flexibility index (Phi) is 9.10. The standard InChI is InChI=1S/C23H29FN6O2.HI/c1-2-25-23(28-17-9-12-30(15-17)22-19(24)4-3-10-26-22)27-11-13-32-18-6-7-20-16(14-18)5-8-21(31)29-20;/h3-4,6-7,10,14,17H,2,5,8-9,11-13,15H2,1H3,(H,29,31)(H2,25,27,28);1H. The lowest BCUT2D eigenvalue weighted by Crippen LogP contribution is -2.45. The third-order valence-electron chi connectivity index (χ3n) is 5.51. The molecule has 33 heavy (non-hydrogen) atoms. The number of carbonyl (C=O) groups is 1. The zero-order valence-corrected chi connectivity index (χ0v) is 21.0. The van der Waals surface area contributed by atoms with Crippen LogP contribution in [0.25, 0.3) is 0 Å². The fourth-order valence-electron chi connectivity index (χ4n) is 3.96. The number of rotatable bonds is 7. The van der Waals surface area contributed by atoms with E-state index in [1.54, 1.807) is 12.3 Å². The quantitative estimate of drug-likeness (QED) is 0.206. The van der Waals surface area contributed by atoms with E-state index in [2.05, 4.69) is 25.9 Å². The minimum atomic E-state index is -0.296. The Morgan fingerprint density at radius 3 is 3.06 bits per heavy atom. The normalized spacial score (nSPS) is 17.6. The van der Waals surface area contributed by atoms with E-state index < -0.39 is 0 Å². The number of nitrogens with zero attached hydrogens (tertiary/aromatic N) is 3. The van der Waals surface area contributed by atoms with Crippen molar-refractivity contribution in [3.05, 3.63) is 47.9 Å². The second kappa shape index (κ2) is 12.0. The Hall–Kier alpha value is -2.63. The van der Waals surface area contributed by atoms with E-state index in [1.807, 2.05) is 30.0 Å². The molecule has 1 aromatic heterocycles. The van der Waals surface area contributed by atoms with Crippen LogP contribution in [0.15, 0.2) is 41.5 Å². The zero-order chi connectivity index (χ0) is 22.3. The first kappa shape index (κ1) is 25.0. The van der Waals surface area contributed by atoms with E-state index in [0.29, 0.717) is 31.9 Å². The summed E-state index contributed by atoms with van der Waals surface area (Å²) in [4.78, 5) is 22.2. The molecule has 1 aromatic carbocycles. The average molecular weight is 568 g/mol. The van der Waals surface area contributed by atoms with Gasteiger partial charge in [0.1, 0.15) is 12.4 Å². The lowest BCUT2D eigenvalue weighted by molar-refractivity contribution is -0.116. The molecular formula is C23H30FIN6O2. The number of fused-ring (bicyclic) bond motifs is 1. The Morgan fingerprint density at radius 1 is 1.36 bits per heavy atom. The van der Waals surface area contributed by atoms with Gasteiger partial charge in [0.15, 0.2) is 17.6 Å². The topological polar surface area (TPSA) is 90.9 Å². The Morgan fingerprint density at radius 2 is 2.24 bits per heavy atom. The van der Waals surface area contributed by atoms with Gasteiger partial charge in [0.05, 0.1) is 6.54 Å². The molecule has 0 spiro atoms. The van der Waals surface area contributed by atoms with Gasteiger partial charge in [-0.1, -0.05) is 0 Å². The first-order valence-electron chi connectivity index (χ1n) is 11.1. The van der Waals surface area contributed by atoms with Crippen molar-refractivity contribution in [2.24, 2.45) is 4.99 Å². The monoisotopic (exact) mass is 568 g/mol. The van der Waals surface area contributed by atoms with Crippen LogP contribution in [0.4, 0.5) is 15.9 Å². The molecule has 1 amide bonds. The lowest BCUT2D eigenvalue weighted by Gasteiger charge is -2.20. The van der Waals surface area contributed by atoms with Crippen LogP contribution < -0.4 is 25.6 Å². The van der Waals surface area contributed by atoms with Crippen molar-refractivity contribution in [2.45, 2.75) is 32.2 Å². The largest absolute Gasteiger partial charge is 0.492 e. The van der Waals surface area contributed by atoms with Gasteiger partial charge in [-0.15, -0.1) is 24.0 Å². The molecule has 2 aliphatic heterocycles. The summed E-state index contributed by atoms with van der Waals surface area (Å²) in [6.45, 7) is 5.11. The summed E-state index contributed by atoms with van der Waals surface area (Å²) in [5.74, 6) is 1.65. The summed E-state index contributed by atoms with van der Waals surface area (Å²) >= 11 is 0. The molecule has 2 aromatic rings. The minimum Gasteiger partial charge on any atom is -0.492 e. The van der Waals surface area contributed by atoms with Gasteiger partial charge in [0.2, 0.25) is 5.91 Å². The van der Waals surface area contributed by atoms with Gasteiger partial charge in [-0.05, 0) is 55.7 Å². The maximum absolute atomic E-state index is 14.0. The smallest absolute Gasteiger partial charge is 0.224 e. The second-order valence-electron chi connectivity index (χ2n) is 7.86. The number of carbonyl (C=O) groups excluding carboxylic acids is 1. The molecule has 1 saturated heterocycles. The fraction of sp³-hybridized carbons (Fsp3) is 0.435. The Bertz CT molecular complexity index is 989. The molecule has 3 heterocycles. The SMILES string of the molecule is CCNC(=NCCOc1ccc2c(c1)CCC(=O)N2)NC1CCN(c2ncccc2F)C1.I. The predicted octanol–water partition coefficient (Wildman–Crippen LogP) is 2.94. The number of benzene rings is 1. The van der Waals surface area contributed by atoms with Crippen LogP contribution in [0.5, 0.6) is 5.75 Å². The molecule has 1 unspecified atom stereocenters. The fourth-order valence-corrected chi connectivity index (χ4v) is 3.96. The summed E-state index contributed by atoms with van der Waals surface area (Å²) < 4.78 is 19.9. The number of anilines is 2. The number of hydrogen-bond acceptors (Lipinski definition) is 5. The molecular weight excluding hydrogens is 538 g/mol. The molecule has 3 N–H and O–H groups in total. The maximum Gasteiger partial charge on any atom is 0.224 e. The highest BCUT2D eigenvalue weighted by Gasteiger charge is 2.26. The molecule has 1 fully saturated rings. The van der Waals surface area contributed by atoms with Crippen LogP contribution in [0, 0.1) is 5.82 Å². The number of hydrogen-bond donors (Lipinski definition) is 3. The summed E-state index contributed by atoms with van der Waals surface area (Å²) in [5.41, 5.74) is 1.96. The van der Waals surface area contributed by atoms with Gasteiger partial charge < -0.3 is 25.6 Å². The number of ether oxygens (including phenoxy) is 1. The first-order valence-corrected chi connectivity index (χ1v) is 11.1. The van der Waals surface area contributed by atoms with Gasteiger partial charge in [-0.3, -0.25) is 4.79 Å². The molecule has 4 rings (SSSR count). The Balaban J connectivity index is 0.00000306. The number of guanidine groups is 1. The molecule has 2 aliphatic rings. The molecule has 178 valence electrons. The van der Waals surface area contributed by atoms with Crippen molar-refractivity contribution in [1.29, 1.82) is 0 Å². The van der Waals surface area contributed by atoms with Gasteiger partial charge in [0, 0.05) is 44.0 Å². The van der Waals surface area contributed by atoms with Crippen LogP contribution in [-0.2, 0) is 11.2 Å². The molecule has 0 saturated carbocycles. The third-order valence-corrected chi connectivity index (χ3v) is 5.51. The van der Waals surface area contributed by atoms with Crippen LogP contribution in [0.1, 0.15) is 25.3 Å². The molecule has 0 radical (unpaired) electrons. The predicted molar refractivity (Wildman–Crippen MR) is 138 cm³/mol. The molecule has 0 aliphatic carbocycles. The molecule has 8 nitrogen and oxygen atoms in total. The number of aryl methyl sites for hydroxylation is 1. The van der Waals surface area contributed by atoms with Crippen molar-refractivity contribution in [3.63, 3.8) is 0 Å². The van der Waals surface area contributed by atoms with Crippen LogP contribution in [0.3, 0.4) is 0 Å². The van der Waals surface area contributed by atoms with Gasteiger partial charge >= 0.3 is 0 Å². The summed E-state index contributed by atoms with van der Waals surface area (Å²) in [5, 5.41) is 9.56. The summed E-state index contributed by atoms with van der Waals surface area (Å²) in [6.07, 6.45) is 3.72. The summed E-state index contributed by atoms with van der Waals surface area (Å²) in [7, 11) is 0. The highest BCUT2D eigenvalue weighted by Crippen LogP contribution is 2.26. The average Bonchev–Trinajstić information content (AvgIpc) is 3.25. The minimum absolute atomic E-state index is 0. The van der Waals surface area contributed by atoms with Gasteiger partial charge in [0.25, 0.3) is 0 Å². The highest BCUT2D eigenvalue weighted by atomic mass is 127. The van der Waals surface area contributed by atoms with Gasteiger partial charge in [-0.25, -0.2) is 14.4 Å². The third kappa shape index (κ3) is 6.68. The number of halogens is 2. The number of pyridine rings is 1. The number of aromatic nitrogens is 1. The molecule has 0 bridgehead atoms. The number of nitrogens with one attached hydrogen (secondary N) is 3. The van der Waals surface area contributed by atoms with Crippen molar-refractivity contribution in [3.8, 4) is 5.75 Å². The second-order valence-corrected chi connectivity index (χ2v) is 7.86. The van der Waals surface area contributed by atoms with Crippen LogP contribution in [-0.4, -0.2) is 55.7 Å². The zero-order valence-electron chi connectivity index (χ0n) is 18.6.